The number of hydrogen-bond donors (Lipinski definition) is 0. The highest BCUT2D eigenvalue weighted by molar-refractivity contribution is 6.66. The molecule has 0 fully saturated rings. The van der Waals surface area contributed by atoms with E-state index in [1.807, 2.05) is 0 Å². The van der Waals surface area contributed by atoms with Crippen molar-refractivity contribution in [1.29, 1.82) is 0 Å². The molecular formula is C12H7Cl3N4O2. The minimum absolute atomic E-state index is 0.137. The Hall–Kier alpha value is -1.72. The molecule has 9 heteroatoms. The fraction of sp³-hybridized carbons (Fsp3) is 0.167. The minimum atomic E-state index is -1.86. The van der Waals surface area contributed by atoms with E-state index in [1.54, 1.807) is 31.4 Å². The van der Waals surface area contributed by atoms with Crippen molar-refractivity contribution in [2.75, 3.05) is 7.11 Å². The zero-order valence-electron chi connectivity index (χ0n) is 10.5. The second-order valence-corrected chi connectivity index (χ2v) is 5.99. The van der Waals surface area contributed by atoms with Crippen LogP contribution in [-0.4, -0.2) is 28.1 Å². The molecule has 0 N–H and O–H groups in total. The largest absolute Gasteiger partial charge is 0.497 e. The van der Waals surface area contributed by atoms with E-state index in [-0.39, 0.29) is 17.6 Å². The molecule has 0 bridgehead atoms. The van der Waals surface area contributed by atoms with Gasteiger partial charge in [0.15, 0.2) is 11.6 Å². The van der Waals surface area contributed by atoms with Gasteiger partial charge in [0.2, 0.25) is 9.87 Å². The van der Waals surface area contributed by atoms with Crippen LogP contribution >= 0.6 is 34.8 Å². The third-order valence-corrected chi connectivity index (χ3v) is 2.88. The summed E-state index contributed by atoms with van der Waals surface area (Å²) in [6, 6.07) is 6.86. The number of rotatable bonds is 3. The molecule has 0 unspecified atom stereocenters. The zero-order chi connectivity index (χ0) is 15.5. The third-order valence-electron chi connectivity index (χ3n) is 2.37. The Morgan fingerprint density at radius 3 is 2.33 bits per heavy atom. The first kappa shape index (κ1) is 15.7. The van der Waals surface area contributed by atoms with Crippen molar-refractivity contribution in [3.63, 3.8) is 0 Å². The van der Waals surface area contributed by atoms with Gasteiger partial charge in [-0.1, -0.05) is 34.8 Å². The summed E-state index contributed by atoms with van der Waals surface area (Å²) in [6.45, 7) is 0. The van der Waals surface area contributed by atoms with Crippen molar-refractivity contribution < 1.29 is 9.53 Å². The number of carbonyl (C=O) groups excluding carboxylic acids is 1. The number of benzene rings is 1. The Morgan fingerprint density at radius 2 is 1.81 bits per heavy atom. The summed E-state index contributed by atoms with van der Waals surface area (Å²) in [6.07, 6.45) is 1.33. The van der Waals surface area contributed by atoms with Crippen LogP contribution in [0.2, 0.25) is 0 Å². The van der Waals surface area contributed by atoms with Crippen LogP contribution in [0.5, 0.6) is 5.75 Å². The van der Waals surface area contributed by atoms with E-state index >= 15 is 0 Å². The lowest BCUT2D eigenvalue weighted by atomic mass is 10.2. The van der Waals surface area contributed by atoms with Gasteiger partial charge in [-0.3, -0.25) is 0 Å². The molecule has 21 heavy (non-hydrogen) atoms. The average molecular weight is 346 g/mol. The number of aromatic nitrogens is 3. The van der Waals surface area contributed by atoms with Crippen molar-refractivity contribution in [2.45, 2.75) is 3.79 Å². The van der Waals surface area contributed by atoms with Gasteiger partial charge in [0.05, 0.1) is 7.11 Å². The summed E-state index contributed by atoms with van der Waals surface area (Å²) in [4.78, 5) is 25.5. The summed E-state index contributed by atoms with van der Waals surface area (Å²) < 4.78 is 3.20. The Kier molecular flexibility index (Phi) is 4.75. The van der Waals surface area contributed by atoms with Gasteiger partial charge in [0.1, 0.15) is 5.75 Å². The number of hydrogen-bond acceptors (Lipinski definition) is 6. The molecule has 108 valence electrons. The van der Waals surface area contributed by atoms with E-state index in [0.717, 1.165) is 0 Å². The molecule has 0 aliphatic carbocycles. The van der Waals surface area contributed by atoms with Crippen LogP contribution in [0.3, 0.4) is 0 Å². The fourth-order valence-corrected chi connectivity index (χ4v) is 1.71. The number of methoxy groups -OCH3 is 1. The van der Waals surface area contributed by atoms with E-state index in [9.17, 15) is 4.79 Å². The van der Waals surface area contributed by atoms with E-state index in [4.69, 9.17) is 39.5 Å². The van der Waals surface area contributed by atoms with Gasteiger partial charge in [0, 0.05) is 5.56 Å². The third kappa shape index (κ3) is 3.89. The van der Waals surface area contributed by atoms with E-state index < -0.39 is 3.79 Å². The monoisotopic (exact) mass is 344 g/mol. The topological polar surface area (TPSA) is 77.3 Å². The summed E-state index contributed by atoms with van der Waals surface area (Å²) in [5.41, 5.74) is 0.621. The number of ether oxygens (including phenoxy) is 1. The molecule has 2 rings (SSSR count). The van der Waals surface area contributed by atoms with Crippen LogP contribution in [0, 0.1) is 0 Å². The Balaban J connectivity index is 2.55. The highest BCUT2D eigenvalue weighted by atomic mass is 35.6. The van der Waals surface area contributed by atoms with Gasteiger partial charge in [-0.2, -0.15) is 9.97 Å². The first-order valence-electron chi connectivity index (χ1n) is 5.49. The predicted molar refractivity (Wildman–Crippen MR) is 78.8 cm³/mol. The van der Waals surface area contributed by atoms with Crippen molar-refractivity contribution in [2.24, 2.45) is 4.99 Å². The quantitative estimate of drug-likeness (QED) is 0.484. The normalized spacial score (nSPS) is 10.9. The second-order valence-electron chi connectivity index (χ2n) is 3.71. The SMILES string of the molecule is COc1ccc(-c2nc(N=C=O)nc(C(Cl)(Cl)Cl)n2)cc1. The van der Waals surface area contributed by atoms with Crippen molar-refractivity contribution in [1.82, 2.24) is 15.0 Å². The minimum Gasteiger partial charge on any atom is -0.497 e. The number of alkyl halides is 3. The van der Waals surface area contributed by atoms with Crippen LogP contribution in [0.1, 0.15) is 5.82 Å². The molecule has 1 aromatic heterocycles. The standard InChI is InChI=1S/C12H7Cl3N4O2/c1-21-8-4-2-7(3-5-8)9-17-10(12(13,14)15)19-11(18-9)16-6-20/h2-5H,1H3. The Bertz CT molecular complexity index is 695. The summed E-state index contributed by atoms with van der Waals surface area (Å²) >= 11 is 17.3. The lowest BCUT2D eigenvalue weighted by Crippen LogP contribution is -2.09. The lowest BCUT2D eigenvalue weighted by molar-refractivity contribution is 0.415. The van der Waals surface area contributed by atoms with Gasteiger partial charge in [0.25, 0.3) is 5.95 Å². The van der Waals surface area contributed by atoms with Crippen molar-refractivity contribution >= 4 is 46.8 Å². The average Bonchev–Trinajstić information content (AvgIpc) is 2.46. The molecule has 2 aromatic rings. The number of halogens is 3. The number of nitrogens with zero attached hydrogens (tertiary/aromatic N) is 4. The van der Waals surface area contributed by atoms with Gasteiger partial charge in [-0.25, -0.2) is 9.78 Å². The molecule has 6 nitrogen and oxygen atoms in total. The van der Waals surface area contributed by atoms with E-state index in [0.29, 0.717) is 11.3 Å². The summed E-state index contributed by atoms with van der Waals surface area (Å²) in [5.74, 6) is 0.554. The highest BCUT2D eigenvalue weighted by Gasteiger charge is 2.28. The Labute approximate surface area is 134 Å². The maximum Gasteiger partial charge on any atom is 0.264 e. The molecule has 0 radical (unpaired) electrons. The number of aliphatic imine (C=N–C) groups is 1. The van der Waals surface area contributed by atoms with E-state index in [1.165, 1.54) is 6.08 Å². The summed E-state index contributed by atoms with van der Waals surface area (Å²) in [5, 5.41) is 0. The van der Waals surface area contributed by atoms with Crippen molar-refractivity contribution in [3.8, 4) is 17.1 Å². The molecule has 0 aliphatic rings. The molecule has 0 saturated heterocycles. The molecule has 1 heterocycles. The number of isocyanates is 1. The van der Waals surface area contributed by atoms with Gasteiger partial charge < -0.3 is 4.74 Å². The van der Waals surface area contributed by atoms with Crippen LogP contribution in [0.15, 0.2) is 29.3 Å². The lowest BCUT2D eigenvalue weighted by Gasteiger charge is -2.10. The molecule has 0 atom stereocenters. The molecule has 0 amide bonds. The molecule has 1 aromatic carbocycles. The zero-order valence-corrected chi connectivity index (χ0v) is 12.8. The van der Waals surface area contributed by atoms with Gasteiger partial charge >= 0.3 is 0 Å². The first-order valence-corrected chi connectivity index (χ1v) is 6.63. The maximum absolute atomic E-state index is 10.4. The molecule has 0 aliphatic heterocycles. The van der Waals surface area contributed by atoms with E-state index in [2.05, 4.69) is 19.9 Å². The maximum atomic E-state index is 10.4. The summed E-state index contributed by atoms with van der Waals surface area (Å²) in [7, 11) is 1.55. The molecule has 0 spiro atoms. The predicted octanol–water partition coefficient (Wildman–Crippen LogP) is 3.34. The van der Waals surface area contributed by atoms with Crippen LogP contribution in [0.25, 0.3) is 11.4 Å². The van der Waals surface area contributed by atoms with Crippen LogP contribution < -0.4 is 4.74 Å². The fourth-order valence-electron chi connectivity index (χ4n) is 1.45. The van der Waals surface area contributed by atoms with Gasteiger partial charge in [-0.15, -0.1) is 4.99 Å². The van der Waals surface area contributed by atoms with Crippen LogP contribution in [-0.2, 0) is 8.59 Å². The molecule has 0 saturated carbocycles. The smallest absolute Gasteiger partial charge is 0.264 e. The van der Waals surface area contributed by atoms with Gasteiger partial charge in [-0.05, 0) is 24.3 Å². The Morgan fingerprint density at radius 1 is 1.14 bits per heavy atom. The van der Waals surface area contributed by atoms with Crippen molar-refractivity contribution in [3.05, 3.63) is 30.1 Å². The van der Waals surface area contributed by atoms with Crippen LogP contribution in [0.4, 0.5) is 5.95 Å². The first-order chi connectivity index (χ1) is 9.94. The second kappa shape index (κ2) is 6.37. The molecular weight excluding hydrogens is 339 g/mol. The highest BCUT2D eigenvalue weighted by Crippen LogP contribution is 2.37.